The number of nitrogens with zero attached hydrogens (tertiary/aromatic N) is 2. The first-order valence-corrected chi connectivity index (χ1v) is 7.47. The van der Waals surface area contributed by atoms with Crippen LogP contribution in [0.1, 0.15) is 25.7 Å². The van der Waals surface area contributed by atoms with E-state index >= 15 is 0 Å². The maximum Gasteiger partial charge on any atom is 0.310 e. The zero-order chi connectivity index (χ0) is 14.1. The van der Waals surface area contributed by atoms with Gasteiger partial charge in [-0.3, -0.25) is 10.1 Å². The maximum absolute atomic E-state index is 11.3. The van der Waals surface area contributed by atoms with Crippen molar-refractivity contribution >= 4 is 23.0 Å². The van der Waals surface area contributed by atoms with Crippen LogP contribution in [-0.2, 0) is 0 Å². The molecule has 2 aliphatic rings. The maximum atomic E-state index is 11.3. The van der Waals surface area contributed by atoms with E-state index in [-0.39, 0.29) is 15.6 Å². The summed E-state index contributed by atoms with van der Waals surface area (Å²) in [7, 11) is 0. The molecule has 0 aromatic heterocycles. The Morgan fingerprint density at radius 3 is 2.80 bits per heavy atom. The molecule has 3 rings (SSSR count). The Balaban J connectivity index is 1.90. The van der Waals surface area contributed by atoms with E-state index in [1.54, 1.807) is 12.1 Å². The summed E-state index contributed by atoms with van der Waals surface area (Å²) in [5.74, 6) is 0. The molecule has 0 amide bonds. The van der Waals surface area contributed by atoms with Crippen molar-refractivity contribution in [3.8, 4) is 0 Å². The Labute approximate surface area is 123 Å². The summed E-state index contributed by atoms with van der Waals surface area (Å²) in [6.07, 6.45) is 4.53. The van der Waals surface area contributed by atoms with Gasteiger partial charge in [-0.25, -0.2) is 0 Å². The molecule has 1 saturated carbocycles. The summed E-state index contributed by atoms with van der Waals surface area (Å²) in [5.41, 5.74) is 0.706. The van der Waals surface area contributed by atoms with Crippen LogP contribution >= 0.6 is 11.6 Å². The SMILES string of the molecule is O=[N+]([O-])c1c(Cl)cccc1N(CC1CCCN1)C1CC1. The second-order valence-corrected chi connectivity index (χ2v) is 5.95. The fraction of sp³-hybridized carbons (Fsp3) is 0.571. The fourth-order valence-electron chi connectivity index (χ4n) is 2.90. The first-order valence-electron chi connectivity index (χ1n) is 7.10. The molecule has 1 aromatic rings. The lowest BCUT2D eigenvalue weighted by Gasteiger charge is -2.27. The molecule has 0 bridgehead atoms. The van der Waals surface area contributed by atoms with E-state index in [1.165, 1.54) is 6.42 Å². The van der Waals surface area contributed by atoms with Gasteiger partial charge in [-0.1, -0.05) is 17.7 Å². The van der Waals surface area contributed by atoms with Gasteiger partial charge in [0.05, 0.1) is 4.92 Å². The molecule has 1 aliphatic carbocycles. The molecule has 1 atom stereocenters. The van der Waals surface area contributed by atoms with Gasteiger partial charge in [-0.2, -0.15) is 0 Å². The average Bonchev–Trinajstić information content (AvgIpc) is 3.12. The smallest absolute Gasteiger partial charge is 0.310 e. The molecule has 1 saturated heterocycles. The summed E-state index contributed by atoms with van der Waals surface area (Å²) in [5, 5.41) is 15.0. The Kier molecular flexibility index (Phi) is 3.81. The van der Waals surface area contributed by atoms with Crippen molar-refractivity contribution in [3.63, 3.8) is 0 Å². The van der Waals surface area contributed by atoms with Crippen LogP contribution in [0.15, 0.2) is 18.2 Å². The highest BCUT2D eigenvalue weighted by molar-refractivity contribution is 6.33. The zero-order valence-corrected chi connectivity index (χ0v) is 12.0. The molecule has 6 heteroatoms. The predicted molar refractivity (Wildman–Crippen MR) is 79.5 cm³/mol. The molecular formula is C14H18ClN3O2. The second-order valence-electron chi connectivity index (χ2n) is 5.54. The number of benzene rings is 1. The second kappa shape index (κ2) is 5.58. The van der Waals surface area contributed by atoms with Gasteiger partial charge in [-0.05, 0) is 44.4 Å². The van der Waals surface area contributed by atoms with Gasteiger partial charge in [-0.15, -0.1) is 0 Å². The average molecular weight is 296 g/mol. The highest BCUT2D eigenvalue weighted by atomic mass is 35.5. The summed E-state index contributed by atoms with van der Waals surface area (Å²) in [4.78, 5) is 13.1. The molecule has 108 valence electrons. The number of anilines is 1. The molecule has 0 radical (unpaired) electrons. The third-order valence-corrected chi connectivity index (χ3v) is 4.33. The molecule has 5 nitrogen and oxygen atoms in total. The van der Waals surface area contributed by atoms with E-state index in [2.05, 4.69) is 10.2 Å². The lowest BCUT2D eigenvalue weighted by Crippen LogP contribution is -2.39. The van der Waals surface area contributed by atoms with Crippen molar-refractivity contribution in [1.29, 1.82) is 0 Å². The summed E-state index contributed by atoms with van der Waals surface area (Å²) in [6, 6.07) is 6.05. The van der Waals surface area contributed by atoms with E-state index < -0.39 is 0 Å². The normalized spacial score (nSPS) is 21.9. The van der Waals surface area contributed by atoms with Gasteiger partial charge in [0.1, 0.15) is 10.7 Å². The molecule has 1 N–H and O–H groups in total. The number of halogens is 1. The molecule has 2 fully saturated rings. The van der Waals surface area contributed by atoms with Crippen molar-refractivity contribution in [2.75, 3.05) is 18.0 Å². The molecule has 20 heavy (non-hydrogen) atoms. The first-order chi connectivity index (χ1) is 9.66. The van der Waals surface area contributed by atoms with E-state index in [4.69, 9.17) is 11.6 Å². The predicted octanol–water partition coefficient (Wildman–Crippen LogP) is 2.97. The molecular weight excluding hydrogens is 278 g/mol. The highest BCUT2D eigenvalue weighted by Gasteiger charge is 2.35. The van der Waals surface area contributed by atoms with Crippen molar-refractivity contribution in [2.45, 2.75) is 37.8 Å². The first kappa shape index (κ1) is 13.6. The topological polar surface area (TPSA) is 58.4 Å². The van der Waals surface area contributed by atoms with Crippen LogP contribution in [0.5, 0.6) is 0 Å². The van der Waals surface area contributed by atoms with Crippen molar-refractivity contribution < 1.29 is 4.92 Å². The highest BCUT2D eigenvalue weighted by Crippen LogP contribution is 2.40. The molecule has 1 aromatic carbocycles. The largest absolute Gasteiger partial charge is 0.361 e. The number of nitro groups is 1. The Bertz CT molecular complexity index is 513. The van der Waals surface area contributed by atoms with Crippen LogP contribution < -0.4 is 10.2 Å². The summed E-state index contributed by atoms with van der Waals surface area (Å²) in [6.45, 7) is 1.87. The Hall–Kier alpha value is -1.33. The minimum absolute atomic E-state index is 0.0408. The Morgan fingerprint density at radius 1 is 1.40 bits per heavy atom. The lowest BCUT2D eigenvalue weighted by molar-refractivity contribution is -0.384. The van der Waals surface area contributed by atoms with Gasteiger partial charge in [0.15, 0.2) is 0 Å². The standard InChI is InChI=1S/C14H18ClN3O2/c15-12-4-1-5-13(14(12)18(19)20)17(11-6-7-11)9-10-3-2-8-16-10/h1,4-5,10-11,16H,2-3,6-9H2. The quantitative estimate of drug-likeness (QED) is 0.670. The van der Waals surface area contributed by atoms with Crippen LogP contribution in [0.4, 0.5) is 11.4 Å². The molecule has 1 heterocycles. The monoisotopic (exact) mass is 295 g/mol. The van der Waals surface area contributed by atoms with Gasteiger partial charge < -0.3 is 10.2 Å². The van der Waals surface area contributed by atoms with Crippen LogP contribution in [0.3, 0.4) is 0 Å². The third-order valence-electron chi connectivity index (χ3n) is 4.02. The minimum atomic E-state index is -0.366. The van der Waals surface area contributed by atoms with Gasteiger partial charge >= 0.3 is 5.69 Å². The number of hydrogen-bond acceptors (Lipinski definition) is 4. The zero-order valence-electron chi connectivity index (χ0n) is 11.2. The number of rotatable bonds is 5. The summed E-state index contributed by atoms with van der Waals surface area (Å²) >= 11 is 6.03. The Morgan fingerprint density at radius 2 is 2.20 bits per heavy atom. The summed E-state index contributed by atoms with van der Waals surface area (Å²) < 4.78 is 0. The lowest BCUT2D eigenvalue weighted by atomic mass is 10.1. The molecule has 1 aliphatic heterocycles. The van der Waals surface area contributed by atoms with Crippen LogP contribution in [0.25, 0.3) is 0 Å². The van der Waals surface area contributed by atoms with Crippen LogP contribution in [0, 0.1) is 10.1 Å². The number of hydrogen-bond donors (Lipinski definition) is 1. The number of nitrogens with one attached hydrogen (secondary N) is 1. The molecule has 0 spiro atoms. The van der Waals surface area contributed by atoms with Crippen LogP contribution in [-0.4, -0.2) is 30.1 Å². The number of para-hydroxylation sites is 1. The van der Waals surface area contributed by atoms with Gasteiger partial charge in [0.2, 0.25) is 0 Å². The van der Waals surface area contributed by atoms with E-state index in [1.807, 2.05) is 6.07 Å². The number of nitro benzene ring substituents is 1. The van der Waals surface area contributed by atoms with Crippen molar-refractivity contribution in [3.05, 3.63) is 33.3 Å². The minimum Gasteiger partial charge on any atom is -0.361 e. The fourth-order valence-corrected chi connectivity index (χ4v) is 3.14. The van der Waals surface area contributed by atoms with E-state index in [9.17, 15) is 10.1 Å². The van der Waals surface area contributed by atoms with Crippen molar-refractivity contribution in [1.82, 2.24) is 5.32 Å². The van der Waals surface area contributed by atoms with Crippen LogP contribution in [0.2, 0.25) is 5.02 Å². The van der Waals surface area contributed by atoms with Gasteiger partial charge in [0, 0.05) is 18.6 Å². The van der Waals surface area contributed by atoms with E-state index in [0.717, 1.165) is 32.4 Å². The van der Waals surface area contributed by atoms with Crippen molar-refractivity contribution in [2.24, 2.45) is 0 Å². The van der Waals surface area contributed by atoms with E-state index in [0.29, 0.717) is 17.8 Å². The molecule has 1 unspecified atom stereocenters. The van der Waals surface area contributed by atoms with Gasteiger partial charge in [0.25, 0.3) is 0 Å². The third kappa shape index (κ3) is 2.74.